The highest BCUT2D eigenvalue weighted by Crippen LogP contribution is 2.33. The van der Waals surface area contributed by atoms with Crippen LogP contribution in [0, 0.1) is 27.7 Å². The Morgan fingerprint density at radius 3 is 1.46 bits per heavy atom. The molecule has 0 radical (unpaired) electrons. The van der Waals surface area contributed by atoms with Gasteiger partial charge in [0.25, 0.3) is 0 Å². The van der Waals surface area contributed by atoms with Gasteiger partial charge in [-0.2, -0.15) is 0 Å². The smallest absolute Gasteiger partial charge is 0.174 e. The fourth-order valence-electron chi connectivity index (χ4n) is 2.89. The van der Waals surface area contributed by atoms with Gasteiger partial charge in [-0.15, -0.1) is 0 Å². The van der Waals surface area contributed by atoms with Crippen LogP contribution in [0.5, 0.6) is 0 Å². The lowest BCUT2D eigenvalue weighted by Crippen LogP contribution is -1.84. The Balaban J connectivity index is 1.96. The third kappa shape index (κ3) is 2.24. The molecule has 0 fully saturated rings. The van der Waals surface area contributed by atoms with E-state index in [1.165, 1.54) is 22.3 Å². The van der Waals surface area contributed by atoms with Gasteiger partial charge in [0.15, 0.2) is 11.6 Å². The number of halogens is 2. The van der Waals surface area contributed by atoms with Crippen molar-refractivity contribution in [3.8, 4) is 11.6 Å². The second-order valence-corrected chi connectivity index (χ2v) is 7.81. The summed E-state index contributed by atoms with van der Waals surface area (Å²) in [4.78, 5) is 16.2. The van der Waals surface area contributed by atoms with Crippen LogP contribution >= 0.6 is 31.9 Å². The number of fused-ring (bicyclic) bond motifs is 2. The van der Waals surface area contributed by atoms with Gasteiger partial charge in [-0.3, -0.25) is 0 Å². The monoisotopic (exact) mass is 446 g/mol. The SMILES string of the molecule is Cc1cc2[nH]c(-c3nc4c(Br)c(C)c(C)cc4[nH]3)nc2c(Br)c1C. The van der Waals surface area contributed by atoms with Gasteiger partial charge in [0.05, 0.1) is 11.0 Å². The van der Waals surface area contributed by atoms with Crippen molar-refractivity contribution < 1.29 is 0 Å². The molecule has 4 nitrogen and oxygen atoms in total. The van der Waals surface area contributed by atoms with E-state index < -0.39 is 0 Å². The Kier molecular flexibility index (Phi) is 3.58. The zero-order valence-electron chi connectivity index (χ0n) is 13.8. The van der Waals surface area contributed by atoms with E-state index in [0.29, 0.717) is 0 Å². The third-order valence-electron chi connectivity index (χ3n) is 4.67. The van der Waals surface area contributed by atoms with Crippen LogP contribution in [0.2, 0.25) is 0 Å². The van der Waals surface area contributed by atoms with E-state index in [4.69, 9.17) is 9.97 Å². The summed E-state index contributed by atoms with van der Waals surface area (Å²) in [6.07, 6.45) is 0. The van der Waals surface area contributed by atoms with Crippen LogP contribution in [-0.4, -0.2) is 19.9 Å². The Morgan fingerprint density at radius 1 is 0.708 bits per heavy atom. The summed E-state index contributed by atoms with van der Waals surface area (Å²) in [5, 5.41) is 0. The minimum absolute atomic E-state index is 0.745. The second-order valence-electron chi connectivity index (χ2n) is 6.23. The number of imidazole rings is 2. The Labute approximate surface area is 156 Å². The van der Waals surface area contributed by atoms with E-state index in [2.05, 4.69) is 81.7 Å². The predicted molar refractivity (Wildman–Crippen MR) is 106 cm³/mol. The van der Waals surface area contributed by atoms with E-state index in [-0.39, 0.29) is 0 Å². The van der Waals surface area contributed by atoms with Gasteiger partial charge in [-0.05, 0) is 93.9 Å². The van der Waals surface area contributed by atoms with E-state index >= 15 is 0 Å². The molecule has 0 aliphatic heterocycles. The minimum Gasteiger partial charge on any atom is -0.335 e. The Hall–Kier alpha value is -1.66. The number of nitrogens with one attached hydrogen (secondary N) is 2. The van der Waals surface area contributed by atoms with Crippen LogP contribution in [0.15, 0.2) is 21.1 Å². The molecule has 6 heteroatoms. The molecule has 0 spiro atoms. The Bertz CT molecular complexity index is 1030. The van der Waals surface area contributed by atoms with Crippen LogP contribution in [0.25, 0.3) is 33.7 Å². The summed E-state index contributed by atoms with van der Waals surface area (Å²) >= 11 is 7.32. The van der Waals surface area contributed by atoms with Crippen LogP contribution in [0.1, 0.15) is 22.3 Å². The lowest BCUT2D eigenvalue weighted by atomic mass is 10.1. The largest absolute Gasteiger partial charge is 0.335 e. The summed E-state index contributed by atoms with van der Waals surface area (Å²) in [6, 6.07) is 4.25. The minimum atomic E-state index is 0.745. The highest BCUT2D eigenvalue weighted by atomic mass is 79.9. The fourth-order valence-corrected chi connectivity index (χ4v) is 4.12. The first-order chi connectivity index (χ1) is 11.4. The topological polar surface area (TPSA) is 57.4 Å². The molecule has 0 saturated carbocycles. The molecule has 0 aliphatic rings. The lowest BCUT2D eigenvalue weighted by molar-refractivity contribution is 1.22. The number of nitrogens with zero attached hydrogens (tertiary/aromatic N) is 2. The second kappa shape index (κ2) is 5.43. The van der Waals surface area contributed by atoms with Gasteiger partial charge in [-0.25, -0.2) is 9.97 Å². The van der Waals surface area contributed by atoms with E-state index in [1.807, 2.05) is 0 Å². The summed E-state index contributed by atoms with van der Waals surface area (Å²) in [5.41, 5.74) is 8.74. The molecule has 2 heterocycles. The maximum absolute atomic E-state index is 4.74. The van der Waals surface area contributed by atoms with Crippen molar-refractivity contribution in [2.75, 3.05) is 0 Å². The van der Waals surface area contributed by atoms with Crippen molar-refractivity contribution in [3.05, 3.63) is 43.3 Å². The summed E-state index contributed by atoms with van der Waals surface area (Å²) in [6.45, 7) is 8.39. The van der Waals surface area contributed by atoms with Crippen molar-refractivity contribution in [1.29, 1.82) is 0 Å². The predicted octanol–water partition coefficient (Wildman–Crippen LogP) is 5.86. The van der Waals surface area contributed by atoms with Crippen molar-refractivity contribution in [2.45, 2.75) is 27.7 Å². The molecule has 0 unspecified atom stereocenters. The van der Waals surface area contributed by atoms with Gasteiger partial charge in [-0.1, -0.05) is 0 Å². The zero-order chi connectivity index (χ0) is 17.2. The molecular weight excluding hydrogens is 432 g/mol. The highest BCUT2D eigenvalue weighted by Gasteiger charge is 2.16. The van der Waals surface area contributed by atoms with Crippen LogP contribution < -0.4 is 0 Å². The Morgan fingerprint density at radius 2 is 1.08 bits per heavy atom. The van der Waals surface area contributed by atoms with E-state index in [9.17, 15) is 0 Å². The molecule has 4 rings (SSSR count). The van der Waals surface area contributed by atoms with E-state index in [0.717, 1.165) is 42.7 Å². The average molecular weight is 448 g/mol. The molecule has 0 amide bonds. The highest BCUT2D eigenvalue weighted by molar-refractivity contribution is 9.11. The lowest BCUT2D eigenvalue weighted by Gasteiger charge is -2.02. The molecule has 2 aromatic heterocycles. The number of aromatic amines is 2. The molecule has 4 aromatic rings. The van der Waals surface area contributed by atoms with Gasteiger partial charge in [0.1, 0.15) is 11.0 Å². The normalized spacial score (nSPS) is 11.8. The quantitative estimate of drug-likeness (QED) is 0.383. The first-order valence-corrected chi connectivity index (χ1v) is 9.26. The molecule has 24 heavy (non-hydrogen) atoms. The van der Waals surface area contributed by atoms with Gasteiger partial charge in [0.2, 0.25) is 0 Å². The van der Waals surface area contributed by atoms with E-state index in [1.54, 1.807) is 0 Å². The number of aromatic nitrogens is 4. The molecule has 2 N–H and O–H groups in total. The van der Waals surface area contributed by atoms with Crippen LogP contribution in [0.3, 0.4) is 0 Å². The standard InChI is InChI=1S/C18H16Br2N4/c1-7-5-11-15(13(19)9(7)3)23-17(21-11)18-22-12-6-8(2)10(4)14(20)16(12)24-18/h5-6H,1-4H3,(H,21,23)(H,22,24). The average Bonchev–Trinajstić information content (AvgIpc) is 3.14. The van der Waals surface area contributed by atoms with Crippen molar-refractivity contribution in [2.24, 2.45) is 0 Å². The molecule has 0 aliphatic carbocycles. The van der Waals surface area contributed by atoms with Crippen molar-refractivity contribution in [3.63, 3.8) is 0 Å². The molecule has 0 atom stereocenters. The number of hydrogen-bond donors (Lipinski definition) is 2. The van der Waals surface area contributed by atoms with Crippen LogP contribution in [-0.2, 0) is 0 Å². The zero-order valence-corrected chi connectivity index (χ0v) is 17.0. The number of rotatable bonds is 1. The molecule has 122 valence electrons. The van der Waals surface area contributed by atoms with Crippen LogP contribution in [0.4, 0.5) is 0 Å². The number of benzene rings is 2. The summed E-state index contributed by atoms with van der Waals surface area (Å²) < 4.78 is 2.06. The van der Waals surface area contributed by atoms with Crippen molar-refractivity contribution >= 4 is 53.9 Å². The third-order valence-corrected chi connectivity index (χ3v) is 6.61. The molecular formula is C18H16Br2N4. The van der Waals surface area contributed by atoms with Gasteiger partial charge < -0.3 is 9.97 Å². The number of H-pyrrole nitrogens is 2. The first-order valence-electron chi connectivity index (χ1n) is 7.68. The number of hydrogen-bond acceptors (Lipinski definition) is 2. The summed E-state index contributed by atoms with van der Waals surface area (Å²) in [7, 11) is 0. The number of aryl methyl sites for hydroxylation is 2. The molecule has 2 aromatic carbocycles. The maximum atomic E-state index is 4.74. The van der Waals surface area contributed by atoms with Gasteiger partial charge in [0, 0.05) is 8.95 Å². The van der Waals surface area contributed by atoms with Gasteiger partial charge >= 0.3 is 0 Å². The first kappa shape index (κ1) is 15.8. The molecule has 0 saturated heterocycles. The fraction of sp³-hybridized carbons (Fsp3) is 0.222. The van der Waals surface area contributed by atoms with Crippen molar-refractivity contribution in [1.82, 2.24) is 19.9 Å². The summed E-state index contributed by atoms with van der Waals surface area (Å²) in [5.74, 6) is 1.49. The molecule has 0 bridgehead atoms. The maximum Gasteiger partial charge on any atom is 0.174 e.